The van der Waals surface area contributed by atoms with Gasteiger partial charge in [0.2, 0.25) is 0 Å². The molecule has 1 atom stereocenters. The minimum atomic E-state index is 0.360. The van der Waals surface area contributed by atoms with E-state index in [9.17, 15) is 5.11 Å². The number of rotatable bonds is 5. The first-order chi connectivity index (χ1) is 11.2. The molecule has 1 saturated carbocycles. The van der Waals surface area contributed by atoms with Crippen molar-refractivity contribution in [1.29, 1.82) is 0 Å². The molecule has 3 rings (SSSR count). The van der Waals surface area contributed by atoms with Crippen LogP contribution in [0.5, 0.6) is 5.75 Å². The van der Waals surface area contributed by atoms with Crippen LogP contribution in [0.3, 0.4) is 0 Å². The van der Waals surface area contributed by atoms with Crippen molar-refractivity contribution in [3.8, 4) is 5.75 Å². The maximum atomic E-state index is 9.41. The van der Waals surface area contributed by atoms with Gasteiger partial charge in [0.15, 0.2) is 0 Å². The standard InChI is InChI=1S/C21H27NO/c1-16(15-17-5-3-2-4-6-17)22-20-11-7-18(8-12-20)19-9-13-21(23)14-10-19/h2-6,9-10,13-14,16,18,20,22-23H,7-8,11-12,15H2,1H3. The zero-order valence-electron chi connectivity index (χ0n) is 13.9. The molecule has 2 aromatic carbocycles. The molecule has 2 nitrogen and oxygen atoms in total. The van der Waals surface area contributed by atoms with Gasteiger partial charge in [-0.1, -0.05) is 42.5 Å². The molecule has 0 spiro atoms. The molecular formula is C21H27NO. The number of hydrogen-bond acceptors (Lipinski definition) is 2. The van der Waals surface area contributed by atoms with Crippen LogP contribution in [0.1, 0.15) is 49.7 Å². The average Bonchev–Trinajstić information content (AvgIpc) is 2.57. The van der Waals surface area contributed by atoms with Gasteiger partial charge in [-0.2, -0.15) is 0 Å². The van der Waals surface area contributed by atoms with Gasteiger partial charge in [-0.05, 0) is 68.2 Å². The Morgan fingerprint density at radius 2 is 1.61 bits per heavy atom. The van der Waals surface area contributed by atoms with E-state index in [0.717, 1.165) is 6.42 Å². The third-order valence-electron chi connectivity index (χ3n) is 5.00. The second-order valence-electron chi connectivity index (χ2n) is 6.90. The topological polar surface area (TPSA) is 32.3 Å². The average molecular weight is 309 g/mol. The van der Waals surface area contributed by atoms with E-state index in [-0.39, 0.29) is 0 Å². The molecule has 23 heavy (non-hydrogen) atoms. The molecule has 0 heterocycles. The highest BCUT2D eigenvalue weighted by molar-refractivity contribution is 5.28. The van der Waals surface area contributed by atoms with Gasteiger partial charge < -0.3 is 10.4 Å². The maximum absolute atomic E-state index is 9.41. The van der Waals surface area contributed by atoms with E-state index in [0.29, 0.717) is 23.8 Å². The molecule has 122 valence electrons. The predicted molar refractivity (Wildman–Crippen MR) is 95.8 cm³/mol. The van der Waals surface area contributed by atoms with Crippen molar-refractivity contribution in [2.45, 2.75) is 57.0 Å². The van der Waals surface area contributed by atoms with Gasteiger partial charge in [0.05, 0.1) is 0 Å². The summed E-state index contributed by atoms with van der Waals surface area (Å²) >= 11 is 0. The quantitative estimate of drug-likeness (QED) is 0.843. The highest BCUT2D eigenvalue weighted by Crippen LogP contribution is 2.33. The molecule has 1 aliphatic carbocycles. The highest BCUT2D eigenvalue weighted by atomic mass is 16.3. The van der Waals surface area contributed by atoms with Crippen LogP contribution in [0.25, 0.3) is 0 Å². The number of phenols is 1. The molecular weight excluding hydrogens is 282 g/mol. The normalized spacial score (nSPS) is 22.7. The molecule has 0 saturated heterocycles. The van der Waals surface area contributed by atoms with Gasteiger partial charge in [-0.25, -0.2) is 0 Å². The fraction of sp³-hybridized carbons (Fsp3) is 0.429. The summed E-state index contributed by atoms with van der Waals surface area (Å²) < 4.78 is 0. The lowest BCUT2D eigenvalue weighted by Gasteiger charge is -2.31. The largest absolute Gasteiger partial charge is 0.508 e. The van der Waals surface area contributed by atoms with Crippen molar-refractivity contribution < 1.29 is 5.11 Å². The van der Waals surface area contributed by atoms with Crippen LogP contribution in [0.2, 0.25) is 0 Å². The van der Waals surface area contributed by atoms with E-state index in [1.165, 1.54) is 36.8 Å². The molecule has 0 amide bonds. The van der Waals surface area contributed by atoms with E-state index in [1.54, 1.807) is 0 Å². The molecule has 0 bridgehead atoms. The number of aromatic hydroxyl groups is 1. The Kier molecular flexibility index (Phi) is 5.35. The van der Waals surface area contributed by atoms with Crippen molar-refractivity contribution in [3.05, 3.63) is 65.7 Å². The monoisotopic (exact) mass is 309 g/mol. The van der Waals surface area contributed by atoms with Crippen LogP contribution >= 0.6 is 0 Å². The van der Waals surface area contributed by atoms with Crippen LogP contribution in [0.15, 0.2) is 54.6 Å². The van der Waals surface area contributed by atoms with Gasteiger partial charge in [-0.15, -0.1) is 0 Å². The lowest BCUT2D eigenvalue weighted by atomic mass is 9.81. The third kappa shape index (κ3) is 4.59. The highest BCUT2D eigenvalue weighted by Gasteiger charge is 2.23. The third-order valence-corrected chi connectivity index (χ3v) is 5.00. The molecule has 1 aliphatic rings. The zero-order chi connectivity index (χ0) is 16.1. The van der Waals surface area contributed by atoms with Crippen molar-refractivity contribution in [2.24, 2.45) is 0 Å². The first kappa shape index (κ1) is 16.1. The molecule has 2 N–H and O–H groups in total. The Morgan fingerprint density at radius 3 is 2.26 bits per heavy atom. The van der Waals surface area contributed by atoms with Crippen molar-refractivity contribution in [1.82, 2.24) is 5.32 Å². The second-order valence-corrected chi connectivity index (χ2v) is 6.90. The first-order valence-electron chi connectivity index (χ1n) is 8.79. The van der Waals surface area contributed by atoms with Crippen LogP contribution in [0, 0.1) is 0 Å². The number of benzene rings is 2. The summed E-state index contributed by atoms with van der Waals surface area (Å²) in [7, 11) is 0. The number of nitrogens with one attached hydrogen (secondary N) is 1. The van der Waals surface area contributed by atoms with Crippen LogP contribution in [-0.4, -0.2) is 17.2 Å². The minimum Gasteiger partial charge on any atom is -0.508 e. The Balaban J connectivity index is 1.46. The lowest BCUT2D eigenvalue weighted by Crippen LogP contribution is -2.39. The summed E-state index contributed by atoms with van der Waals surface area (Å²) in [5, 5.41) is 13.2. The summed E-state index contributed by atoms with van der Waals surface area (Å²) in [6, 6.07) is 19.7. The number of phenolic OH excluding ortho intramolecular Hbond substituents is 1. The first-order valence-corrected chi connectivity index (χ1v) is 8.79. The molecule has 1 fully saturated rings. The smallest absolute Gasteiger partial charge is 0.115 e. The maximum Gasteiger partial charge on any atom is 0.115 e. The Labute approximate surface area is 139 Å². The molecule has 0 radical (unpaired) electrons. The Morgan fingerprint density at radius 1 is 0.957 bits per heavy atom. The summed E-state index contributed by atoms with van der Waals surface area (Å²) in [4.78, 5) is 0. The van der Waals surface area contributed by atoms with E-state index in [2.05, 4.69) is 54.7 Å². The SMILES string of the molecule is CC(Cc1ccccc1)NC1CCC(c2ccc(O)cc2)CC1. The molecule has 1 unspecified atom stereocenters. The van der Waals surface area contributed by atoms with Crippen LogP contribution < -0.4 is 5.32 Å². The van der Waals surface area contributed by atoms with Gasteiger partial charge >= 0.3 is 0 Å². The number of hydrogen-bond donors (Lipinski definition) is 2. The Bertz CT molecular complexity index is 585. The van der Waals surface area contributed by atoms with Crippen LogP contribution in [0.4, 0.5) is 0 Å². The second kappa shape index (κ2) is 7.65. The van der Waals surface area contributed by atoms with Gasteiger partial charge in [-0.3, -0.25) is 0 Å². The molecule has 2 aromatic rings. The summed E-state index contributed by atoms with van der Waals surface area (Å²) in [5.74, 6) is 1.01. The van der Waals surface area contributed by atoms with Crippen molar-refractivity contribution >= 4 is 0 Å². The van der Waals surface area contributed by atoms with E-state index >= 15 is 0 Å². The van der Waals surface area contributed by atoms with E-state index in [4.69, 9.17) is 0 Å². The van der Waals surface area contributed by atoms with Crippen LogP contribution in [-0.2, 0) is 6.42 Å². The Hall–Kier alpha value is -1.80. The fourth-order valence-electron chi connectivity index (χ4n) is 3.77. The van der Waals surface area contributed by atoms with Gasteiger partial charge in [0.25, 0.3) is 0 Å². The fourth-order valence-corrected chi connectivity index (χ4v) is 3.77. The molecule has 0 aliphatic heterocycles. The van der Waals surface area contributed by atoms with Gasteiger partial charge in [0.1, 0.15) is 5.75 Å². The lowest BCUT2D eigenvalue weighted by molar-refractivity contribution is 0.319. The minimum absolute atomic E-state index is 0.360. The predicted octanol–water partition coefficient (Wildman–Crippen LogP) is 4.64. The van der Waals surface area contributed by atoms with Gasteiger partial charge in [0, 0.05) is 12.1 Å². The van der Waals surface area contributed by atoms with E-state index in [1.807, 2.05) is 12.1 Å². The summed E-state index contributed by atoms with van der Waals surface area (Å²) in [6.07, 6.45) is 6.05. The zero-order valence-corrected chi connectivity index (χ0v) is 13.9. The van der Waals surface area contributed by atoms with Crippen molar-refractivity contribution in [2.75, 3.05) is 0 Å². The van der Waals surface area contributed by atoms with E-state index < -0.39 is 0 Å². The van der Waals surface area contributed by atoms with Crippen molar-refractivity contribution in [3.63, 3.8) is 0 Å². The molecule has 0 aromatic heterocycles. The summed E-state index contributed by atoms with van der Waals surface area (Å²) in [5.41, 5.74) is 2.78. The molecule has 2 heteroatoms. The summed E-state index contributed by atoms with van der Waals surface area (Å²) in [6.45, 7) is 2.29.